The molecule has 0 aliphatic rings. The minimum atomic E-state index is 0.872. The van der Waals surface area contributed by atoms with Crippen molar-refractivity contribution in [2.75, 3.05) is 0 Å². The molecule has 0 bridgehead atoms. The van der Waals surface area contributed by atoms with Crippen LogP contribution in [0.15, 0.2) is 46.3 Å². The monoisotopic (exact) mass is 883 g/mol. The zero-order chi connectivity index (χ0) is 17.5. The van der Waals surface area contributed by atoms with E-state index in [4.69, 9.17) is 0 Å². The number of halogens is 9. The van der Waals surface area contributed by atoms with Crippen LogP contribution in [0.25, 0.3) is 0 Å². The van der Waals surface area contributed by atoms with Crippen LogP contribution in [0.3, 0.4) is 0 Å². The van der Waals surface area contributed by atoms with E-state index in [2.05, 4.69) is 149 Å². The van der Waals surface area contributed by atoms with Gasteiger partial charge < -0.3 is 0 Å². The molecular formula is C14H5Br9. The van der Waals surface area contributed by atoms with Crippen LogP contribution >= 0.6 is 143 Å². The molecule has 0 spiro atoms. The zero-order valence-corrected chi connectivity index (χ0v) is 25.2. The molecule has 0 aliphatic carbocycles. The van der Waals surface area contributed by atoms with Gasteiger partial charge in [0.1, 0.15) is 0 Å². The highest BCUT2D eigenvalue weighted by molar-refractivity contribution is 9.16. The summed E-state index contributed by atoms with van der Waals surface area (Å²) in [7, 11) is 0. The maximum absolute atomic E-state index is 3.68. The number of benzene rings is 2. The van der Waals surface area contributed by atoms with Crippen molar-refractivity contribution < 1.29 is 0 Å². The van der Waals surface area contributed by atoms with E-state index in [9.17, 15) is 0 Å². The second kappa shape index (κ2) is 9.30. The minimum absolute atomic E-state index is 0.872. The Balaban J connectivity index is 2.42. The normalized spacial score (nSPS) is 11.2. The van der Waals surface area contributed by atoms with Crippen LogP contribution in [0.5, 0.6) is 0 Å². The molecule has 2 rings (SSSR count). The first-order chi connectivity index (χ1) is 10.7. The first-order valence-corrected chi connectivity index (χ1v) is 13.1. The predicted octanol–water partition coefficient (Wildman–Crippen LogP) is 10.3. The Morgan fingerprint density at radius 3 is 1.35 bits per heavy atom. The van der Waals surface area contributed by atoms with Gasteiger partial charge in [-0.25, -0.2) is 0 Å². The fraction of sp³-hybridized carbons (Fsp3) is 0.143. The molecular weight excluding hydrogens is 887 g/mol. The van der Waals surface area contributed by atoms with Crippen LogP contribution in [0, 0.1) is 0 Å². The third kappa shape index (κ3) is 4.79. The van der Waals surface area contributed by atoms with Gasteiger partial charge in [-0.3, -0.25) is 0 Å². The molecule has 0 N–H and O–H groups in total. The van der Waals surface area contributed by atoms with E-state index in [-0.39, 0.29) is 0 Å². The van der Waals surface area contributed by atoms with Gasteiger partial charge in [-0.1, -0.05) is 15.9 Å². The van der Waals surface area contributed by atoms with Crippen molar-refractivity contribution in [3.63, 3.8) is 0 Å². The lowest BCUT2D eigenvalue weighted by Gasteiger charge is -2.15. The average Bonchev–Trinajstić information content (AvgIpc) is 2.51. The molecule has 0 radical (unpaired) electrons. The largest absolute Gasteiger partial charge is 0.0505 e. The maximum atomic E-state index is 3.68. The van der Waals surface area contributed by atoms with Gasteiger partial charge >= 0.3 is 0 Å². The smallest absolute Gasteiger partial charge is 0.0482 e. The van der Waals surface area contributed by atoms with Crippen molar-refractivity contribution in [2.24, 2.45) is 0 Å². The van der Waals surface area contributed by atoms with Crippen molar-refractivity contribution in [2.45, 2.75) is 12.8 Å². The predicted molar refractivity (Wildman–Crippen MR) is 130 cm³/mol. The molecule has 0 aliphatic heterocycles. The first-order valence-electron chi connectivity index (χ1n) is 5.99. The molecule has 23 heavy (non-hydrogen) atoms. The second-order valence-electron chi connectivity index (χ2n) is 4.50. The number of rotatable bonds is 3. The molecule has 2 aromatic rings. The van der Waals surface area contributed by atoms with Gasteiger partial charge in [-0.05, 0) is 157 Å². The third-order valence-corrected chi connectivity index (χ3v) is 13.5. The Kier molecular flexibility index (Phi) is 8.92. The fourth-order valence-electron chi connectivity index (χ4n) is 1.95. The van der Waals surface area contributed by atoms with Crippen molar-refractivity contribution >= 4 is 143 Å². The SMILES string of the molecule is Brc1cc(Br)c(CCc2c(Br)c(Br)c(Br)c(Br)c2Br)c(Br)c1Br. The summed E-state index contributed by atoms with van der Waals surface area (Å²) in [5, 5.41) is 0. The number of hydrogen-bond donors (Lipinski definition) is 0. The van der Waals surface area contributed by atoms with E-state index in [0.717, 1.165) is 53.1 Å². The molecule has 0 atom stereocenters. The number of hydrogen-bond acceptors (Lipinski definition) is 0. The highest BCUT2D eigenvalue weighted by Gasteiger charge is 2.19. The highest BCUT2D eigenvalue weighted by Crippen LogP contribution is 2.45. The van der Waals surface area contributed by atoms with Crippen molar-refractivity contribution in [3.8, 4) is 0 Å². The topological polar surface area (TPSA) is 0 Å². The molecule has 0 nitrogen and oxygen atoms in total. The molecule has 0 saturated heterocycles. The van der Waals surface area contributed by atoms with E-state index in [1.54, 1.807) is 0 Å². The molecule has 0 amide bonds. The standard InChI is InChI=1S/C14H5Br9/c15-6-3-7(16)11(20)8(17)4(6)1-2-5-9(18)12(21)14(23)13(22)10(5)19/h3H,1-2H2. The van der Waals surface area contributed by atoms with E-state index in [0.29, 0.717) is 0 Å². The Morgan fingerprint density at radius 2 is 0.826 bits per heavy atom. The Labute approximate surface area is 210 Å². The van der Waals surface area contributed by atoms with Crippen LogP contribution in [0.2, 0.25) is 0 Å². The molecule has 0 aromatic heterocycles. The second-order valence-corrected chi connectivity index (χ2v) is 11.8. The van der Waals surface area contributed by atoms with E-state index in [1.807, 2.05) is 0 Å². The van der Waals surface area contributed by atoms with Gasteiger partial charge in [0.15, 0.2) is 0 Å². The molecule has 124 valence electrons. The lowest BCUT2D eigenvalue weighted by Crippen LogP contribution is -1.99. The summed E-state index contributed by atoms with van der Waals surface area (Å²) in [6, 6.07) is 2.06. The van der Waals surface area contributed by atoms with Gasteiger partial charge in [0.25, 0.3) is 0 Å². The van der Waals surface area contributed by atoms with Gasteiger partial charge in [-0.15, -0.1) is 0 Å². The molecule has 0 fully saturated rings. The molecule has 9 heteroatoms. The molecule has 0 unspecified atom stereocenters. The van der Waals surface area contributed by atoms with E-state index in [1.165, 1.54) is 11.1 Å². The summed E-state index contributed by atoms with van der Waals surface area (Å²) in [6.45, 7) is 0. The molecule has 0 heterocycles. The van der Waals surface area contributed by atoms with Crippen LogP contribution in [-0.2, 0) is 12.8 Å². The lowest BCUT2D eigenvalue weighted by atomic mass is 10.0. The minimum Gasteiger partial charge on any atom is -0.0505 e. The first kappa shape index (κ1) is 22.1. The Hall–Kier alpha value is 2.76. The quantitative estimate of drug-likeness (QED) is 0.213. The third-order valence-electron chi connectivity index (χ3n) is 3.13. The summed E-state index contributed by atoms with van der Waals surface area (Å²) in [6.07, 6.45) is 1.75. The summed E-state index contributed by atoms with van der Waals surface area (Å²) >= 11 is 32.6. The van der Waals surface area contributed by atoms with Gasteiger partial charge in [0, 0.05) is 40.3 Å². The van der Waals surface area contributed by atoms with Gasteiger partial charge in [0.2, 0.25) is 0 Å². The highest BCUT2D eigenvalue weighted by atomic mass is 79.9. The molecule has 0 saturated carbocycles. The van der Waals surface area contributed by atoms with E-state index >= 15 is 0 Å². The summed E-state index contributed by atoms with van der Waals surface area (Å²) < 4.78 is 9.22. The summed E-state index contributed by atoms with van der Waals surface area (Å²) in [5.74, 6) is 0. The maximum Gasteiger partial charge on any atom is 0.0482 e. The van der Waals surface area contributed by atoms with Gasteiger partial charge in [0.05, 0.1) is 0 Å². The van der Waals surface area contributed by atoms with Crippen molar-refractivity contribution in [1.29, 1.82) is 0 Å². The van der Waals surface area contributed by atoms with Crippen molar-refractivity contribution in [3.05, 3.63) is 57.4 Å². The van der Waals surface area contributed by atoms with Crippen molar-refractivity contribution in [1.82, 2.24) is 0 Å². The fourth-order valence-corrected chi connectivity index (χ4v) is 8.35. The molecule has 2 aromatic carbocycles. The summed E-state index contributed by atoms with van der Waals surface area (Å²) in [5.41, 5.74) is 2.42. The average molecular weight is 892 g/mol. The van der Waals surface area contributed by atoms with Crippen LogP contribution in [0.1, 0.15) is 11.1 Å². The van der Waals surface area contributed by atoms with Crippen LogP contribution < -0.4 is 0 Å². The van der Waals surface area contributed by atoms with Gasteiger partial charge in [-0.2, -0.15) is 0 Å². The summed E-state index contributed by atoms with van der Waals surface area (Å²) in [4.78, 5) is 0. The zero-order valence-electron chi connectivity index (χ0n) is 10.9. The lowest BCUT2D eigenvalue weighted by molar-refractivity contribution is 0.931. The Bertz CT molecular complexity index is 754. The Morgan fingerprint density at radius 1 is 0.435 bits per heavy atom. The van der Waals surface area contributed by atoms with Crippen LogP contribution in [0.4, 0.5) is 0 Å². The van der Waals surface area contributed by atoms with Crippen LogP contribution in [-0.4, -0.2) is 0 Å². The van der Waals surface area contributed by atoms with E-state index < -0.39 is 0 Å².